The van der Waals surface area contributed by atoms with Crippen molar-refractivity contribution in [2.75, 3.05) is 45.2 Å². The van der Waals surface area contributed by atoms with Gasteiger partial charge in [-0.05, 0) is 107 Å². The highest BCUT2D eigenvalue weighted by molar-refractivity contribution is 6.21. The number of carbonyl (C=O) groups excluding carboxylic acids is 11. The van der Waals surface area contributed by atoms with Gasteiger partial charge in [0.15, 0.2) is 11.9 Å². The van der Waals surface area contributed by atoms with Gasteiger partial charge in [0.25, 0.3) is 11.8 Å². The lowest BCUT2D eigenvalue weighted by Gasteiger charge is -2.30. The van der Waals surface area contributed by atoms with E-state index in [2.05, 4.69) is 57.9 Å². The molecule has 0 fully saturated rings. The zero-order valence-corrected chi connectivity index (χ0v) is 52.8. The van der Waals surface area contributed by atoms with Crippen LogP contribution in [-0.4, -0.2) is 182 Å². The van der Waals surface area contributed by atoms with Gasteiger partial charge in [0.05, 0.1) is 17.7 Å². The predicted molar refractivity (Wildman–Crippen MR) is 338 cm³/mol. The molecule has 32 nitrogen and oxygen atoms in total. The van der Waals surface area contributed by atoms with Crippen molar-refractivity contribution in [2.24, 2.45) is 56.2 Å². The van der Waals surface area contributed by atoms with Gasteiger partial charge in [-0.15, -0.1) is 0 Å². The predicted octanol–water partition coefficient (Wildman–Crippen LogP) is -3.33. The molecule has 502 valence electrons. The number of fused-ring (bicyclic) bond motifs is 1. The first-order valence-electron chi connectivity index (χ1n) is 30.2. The Labute approximate surface area is 529 Å². The molecule has 1 aliphatic rings. The molecule has 0 unspecified atom stereocenters. The van der Waals surface area contributed by atoms with E-state index in [9.17, 15) is 62.6 Å². The van der Waals surface area contributed by atoms with Crippen LogP contribution in [0.1, 0.15) is 132 Å². The van der Waals surface area contributed by atoms with Crippen molar-refractivity contribution >= 4 is 88.6 Å². The first-order valence-corrected chi connectivity index (χ1v) is 30.2. The second kappa shape index (κ2) is 38.2. The second-order valence-corrected chi connectivity index (χ2v) is 22.8. The van der Waals surface area contributed by atoms with Crippen LogP contribution in [0, 0.1) is 11.8 Å². The minimum absolute atomic E-state index is 0.00121. The van der Waals surface area contributed by atoms with Gasteiger partial charge < -0.3 is 86.9 Å². The van der Waals surface area contributed by atoms with Gasteiger partial charge in [0, 0.05) is 45.7 Å². The third-order valence-corrected chi connectivity index (χ3v) is 14.6. The quantitative estimate of drug-likeness (QED) is 0.0134. The van der Waals surface area contributed by atoms with Crippen LogP contribution < -0.4 is 87.3 Å². The van der Waals surface area contributed by atoms with Crippen molar-refractivity contribution in [2.45, 2.75) is 160 Å². The highest BCUT2D eigenvalue weighted by Crippen LogP contribution is 2.26. The highest BCUT2D eigenvalue weighted by atomic mass is 16.4. The van der Waals surface area contributed by atoms with Gasteiger partial charge in [-0.1, -0.05) is 64.4 Å². The molecule has 0 saturated carbocycles. The SMILES string of the molecule is CC[C@H](C)[C@H](NC(=O)[C@H](CC(C)C)NC(=O)[C@H](CCCN=C(N)N)NC(=O)[C@H](CCCN=C(N)N)NC(=O)[C@H](CCCCN)NC(=O)[C@H](C)NC(=O)CNN1C(=O)c2ccc(N(C)C)cc2C1=O)C(=O)N[C@@H](Cc1ccccc1)C(=O)N[C@@H](CCC(=O)O)C(N)=O. The number of anilines is 1. The minimum Gasteiger partial charge on any atom is -0.481 e. The molecule has 32 heteroatoms. The fraction of sp³-hybridized carbons (Fsp3) is 0.559. The van der Waals surface area contributed by atoms with E-state index in [4.69, 9.17) is 34.4 Å². The van der Waals surface area contributed by atoms with Crippen molar-refractivity contribution in [1.82, 2.24) is 53.0 Å². The first kappa shape index (κ1) is 75.8. The van der Waals surface area contributed by atoms with Crippen molar-refractivity contribution < 1.29 is 62.6 Å². The standard InChI is InChI=1S/C59H93N19O13/c1-8-33(4)47(55(89)75-44(29-35-16-10-9-11-17-35)53(87)70-39(48(61)82)23-24-46(80)81)76-54(88)43(28-32(2)3)74-52(86)42(20-15-27-67-59(64)65)73-51(85)41(19-14-26-66-58(62)63)72-50(84)40(18-12-13-25-60)71-49(83)34(5)69-45(79)31-68-78-56(90)37-22-21-36(77(6)7)30-38(37)57(78)91/h9-11,16-17,21-22,30,32-34,39-44,47,68H,8,12-15,18-20,23-29,31,60H2,1-7H3,(H2,61,82)(H,69,79)(H,70,87)(H,71,83)(H,72,84)(H,73,85)(H,74,86)(H,75,89)(H,76,88)(H,80,81)(H4,62,63,66)(H4,64,65,67)/t33-,34-,39-,40-,41-,42-,43-,44-,47-/m0/s1. The minimum atomic E-state index is -1.43. The lowest BCUT2D eigenvalue weighted by molar-refractivity contribution is -0.138. The van der Waals surface area contributed by atoms with E-state index in [1.165, 1.54) is 13.0 Å². The van der Waals surface area contributed by atoms with E-state index in [1.54, 1.807) is 89.2 Å². The lowest BCUT2D eigenvalue weighted by atomic mass is 9.95. The van der Waals surface area contributed by atoms with Crippen molar-refractivity contribution in [3.8, 4) is 0 Å². The Hall–Kier alpha value is -9.46. The number of carbonyl (C=O) groups is 12. The molecular formula is C59H93N19O13. The summed E-state index contributed by atoms with van der Waals surface area (Å²) in [5.74, 6) is -11.6. The average Bonchev–Trinajstić information content (AvgIpc) is 1.67. The summed E-state index contributed by atoms with van der Waals surface area (Å²) in [5, 5.41) is 31.0. The van der Waals surface area contributed by atoms with Crippen LogP contribution in [0.15, 0.2) is 58.5 Å². The van der Waals surface area contributed by atoms with Gasteiger partial charge >= 0.3 is 5.97 Å². The molecule has 0 bridgehead atoms. The topological polar surface area (TPSA) is 521 Å². The Morgan fingerprint density at radius 1 is 0.571 bits per heavy atom. The largest absolute Gasteiger partial charge is 0.481 e. The number of amides is 11. The molecular weight excluding hydrogens is 1180 g/mol. The molecule has 1 heterocycles. The maximum Gasteiger partial charge on any atom is 0.303 e. The van der Waals surface area contributed by atoms with Gasteiger partial charge in [-0.25, -0.2) is 10.4 Å². The first-order chi connectivity index (χ1) is 43.0. The molecule has 91 heavy (non-hydrogen) atoms. The molecule has 0 saturated heterocycles. The number of primary amides is 1. The summed E-state index contributed by atoms with van der Waals surface area (Å²) >= 11 is 0. The third-order valence-electron chi connectivity index (χ3n) is 14.6. The fourth-order valence-electron chi connectivity index (χ4n) is 9.38. The van der Waals surface area contributed by atoms with Crippen LogP contribution in [0.25, 0.3) is 0 Å². The van der Waals surface area contributed by atoms with Crippen LogP contribution in [0.3, 0.4) is 0 Å². The number of nitrogens with two attached hydrogens (primary N) is 6. The number of imide groups is 1. The highest BCUT2D eigenvalue weighted by Gasteiger charge is 2.38. The molecule has 0 radical (unpaired) electrons. The molecule has 9 atom stereocenters. The Morgan fingerprint density at radius 3 is 1.57 bits per heavy atom. The molecule has 11 amide bonds. The second-order valence-electron chi connectivity index (χ2n) is 22.8. The van der Waals surface area contributed by atoms with Crippen LogP contribution in [0.2, 0.25) is 0 Å². The van der Waals surface area contributed by atoms with Crippen LogP contribution in [-0.2, 0) is 54.4 Å². The molecule has 2 aromatic rings. The number of nitrogens with one attached hydrogen (secondary N) is 9. The van der Waals surface area contributed by atoms with Gasteiger partial charge in [-0.2, -0.15) is 0 Å². The maximum absolute atomic E-state index is 14.6. The summed E-state index contributed by atoms with van der Waals surface area (Å²) in [4.78, 5) is 173. The van der Waals surface area contributed by atoms with Crippen LogP contribution in [0.4, 0.5) is 5.69 Å². The normalized spacial score (nSPS) is 14.7. The van der Waals surface area contributed by atoms with E-state index in [0.29, 0.717) is 35.5 Å². The van der Waals surface area contributed by atoms with Crippen LogP contribution >= 0.6 is 0 Å². The molecule has 3 rings (SSSR count). The smallest absolute Gasteiger partial charge is 0.303 e. The molecule has 1 aliphatic heterocycles. The molecule has 0 aliphatic carbocycles. The Bertz CT molecular complexity index is 2920. The van der Waals surface area contributed by atoms with Gasteiger partial charge in [0.1, 0.15) is 48.3 Å². The summed E-state index contributed by atoms with van der Waals surface area (Å²) in [6, 6.07) is 2.40. The summed E-state index contributed by atoms with van der Waals surface area (Å²) < 4.78 is 0. The number of hydrogen-bond acceptors (Lipinski definition) is 17. The number of benzene rings is 2. The number of unbranched alkanes of at least 4 members (excludes halogenated alkanes) is 1. The number of carboxylic acid groups (broad SMARTS) is 1. The van der Waals surface area contributed by atoms with E-state index < -0.39 is 138 Å². The number of hydrazine groups is 1. The molecule has 22 N–H and O–H groups in total. The van der Waals surface area contributed by atoms with Crippen LogP contribution in [0.5, 0.6) is 0 Å². The van der Waals surface area contributed by atoms with E-state index >= 15 is 0 Å². The zero-order chi connectivity index (χ0) is 68.1. The fourth-order valence-corrected chi connectivity index (χ4v) is 9.38. The number of rotatable bonds is 41. The molecule has 0 aromatic heterocycles. The Morgan fingerprint density at radius 2 is 1.07 bits per heavy atom. The summed E-state index contributed by atoms with van der Waals surface area (Å²) in [6.07, 6.45) is 0.171. The number of hydrogen-bond donors (Lipinski definition) is 16. The number of guanidine groups is 2. The van der Waals surface area contributed by atoms with Gasteiger partial charge in [-0.3, -0.25) is 67.5 Å². The molecule has 2 aromatic carbocycles. The summed E-state index contributed by atoms with van der Waals surface area (Å²) in [7, 11) is 3.54. The lowest BCUT2D eigenvalue weighted by Crippen LogP contribution is -2.61. The monoisotopic (exact) mass is 1280 g/mol. The summed E-state index contributed by atoms with van der Waals surface area (Å²) in [5.41, 5.74) is 37.6. The Kier molecular flexibility index (Phi) is 31.8. The average molecular weight is 1280 g/mol. The van der Waals surface area contributed by atoms with E-state index in [1.807, 2.05) is 0 Å². The van der Waals surface area contributed by atoms with E-state index in [-0.39, 0.29) is 100.0 Å². The number of nitrogens with zero attached hydrogens (tertiary/aromatic N) is 4. The van der Waals surface area contributed by atoms with Crippen molar-refractivity contribution in [3.05, 3.63) is 65.2 Å². The van der Waals surface area contributed by atoms with Crippen molar-refractivity contribution in [3.63, 3.8) is 0 Å². The molecule has 0 spiro atoms. The van der Waals surface area contributed by atoms with Crippen molar-refractivity contribution in [1.29, 1.82) is 0 Å². The maximum atomic E-state index is 14.6. The van der Waals surface area contributed by atoms with E-state index in [0.717, 1.165) is 0 Å². The zero-order valence-electron chi connectivity index (χ0n) is 52.8. The number of carboxylic acids is 1. The Balaban J connectivity index is 1.90. The van der Waals surface area contributed by atoms with Gasteiger partial charge in [0.2, 0.25) is 53.2 Å². The number of aliphatic carboxylic acids is 1. The number of aliphatic imine (C=N–C) groups is 2. The summed E-state index contributed by atoms with van der Waals surface area (Å²) in [6.45, 7) is 7.99. The third kappa shape index (κ3) is 25.9.